The van der Waals surface area contributed by atoms with Crippen molar-refractivity contribution in [2.75, 3.05) is 19.0 Å². The van der Waals surface area contributed by atoms with E-state index in [0.29, 0.717) is 22.2 Å². The van der Waals surface area contributed by atoms with Crippen LogP contribution in [0.3, 0.4) is 0 Å². The quantitative estimate of drug-likeness (QED) is 0.611. The molecule has 29 heavy (non-hydrogen) atoms. The van der Waals surface area contributed by atoms with Gasteiger partial charge in [-0.15, -0.1) is 0 Å². The monoisotopic (exact) mass is 404 g/mol. The first kappa shape index (κ1) is 21.1. The number of methoxy groups -OCH3 is 1. The SMILES string of the molecule is COCC(O)(C(Nc1cccc2nc(C)ccc12)c1ccc(C)cc1)C(F)(F)F. The lowest BCUT2D eigenvalue weighted by Crippen LogP contribution is -2.55. The molecule has 4 nitrogen and oxygen atoms in total. The zero-order valence-corrected chi connectivity index (χ0v) is 16.4. The molecule has 0 aliphatic rings. The fourth-order valence-electron chi connectivity index (χ4n) is 3.32. The van der Waals surface area contributed by atoms with Crippen molar-refractivity contribution in [3.63, 3.8) is 0 Å². The van der Waals surface area contributed by atoms with Crippen molar-refractivity contribution in [1.82, 2.24) is 4.98 Å². The van der Waals surface area contributed by atoms with E-state index in [9.17, 15) is 18.3 Å². The maximum Gasteiger partial charge on any atom is 0.421 e. The number of fused-ring (bicyclic) bond motifs is 1. The van der Waals surface area contributed by atoms with Gasteiger partial charge in [-0.1, -0.05) is 35.9 Å². The smallest absolute Gasteiger partial charge is 0.381 e. The van der Waals surface area contributed by atoms with Crippen LogP contribution in [-0.4, -0.2) is 35.6 Å². The van der Waals surface area contributed by atoms with Crippen LogP contribution in [0.2, 0.25) is 0 Å². The van der Waals surface area contributed by atoms with Crippen molar-refractivity contribution in [2.24, 2.45) is 0 Å². The molecule has 0 saturated heterocycles. The summed E-state index contributed by atoms with van der Waals surface area (Å²) in [5, 5.41) is 14.4. The third-order valence-electron chi connectivity index (χ3n) is 4.91. The van der Waals surface area contributed by atoms with Crippen LogP contribution >= 0.6 is 0 Å². The fourth-order valence-corrected chi connectivity index (χ4v) is 3.32. The van der Waals surface area contributed by atoms with E-state index in [2.05, 4.69) is 10.3 Å². The summed E-state index contributed by atoms with van der Waals surface area (Å²) in [6.07, 6.45) is -4.93. The Hall–Kier alpha value is -2.64. The minimum absolute atomic E-state index is 0.296. The van der Waals surface area contributed by atoms with Gasteiger partial charge >= 0.3 is 6.18 Å². The number of ether oxygens (including phenoxy) is 1. The number of nitrogens with one attached hydrogen (secondary N) is 1. The van der Waals surface area contributed by atoms with Gasteiger partial charge in [0.2, 0.25) is 5.60 Å². The molecule has 2 atom stereocenters. The standard InChI is InChI=1S/C22H23F3N2O2/c1-14-7-10-16(11-8-14)20(21(28,13-29-3)22(23,24)25)27-19-6-4-5-18-17(19)12-9-15(2)26-18/h4-12,20,27-28H,13H2,1-3H3. The van der Waals surface area contributed by atoms with Crippen LogP contribution in [0.4, 0.5) is 18.9 Å². The molecule has 154 valence electrons. The molecular formula is C22H23F3N2O2. The molecule has 0 aliphatic carbocycles. The Balaban J connectivity index is 2.15. The molecule has 1 aromatic heterocycles. The van der Waals surface area contributed by atoms with E-state index in [-0.39, 0.29) is 0 Å². The predicted molar refractivity (Wildman–Crippen MR) is 107 cm³/mol. The van der Waals surface area contributed by atoms with Crippen molar-refractivity contribution < 1.29 is 23.0 Å². The summed E-state index contributed by atoms with van der Waals surface area (Å²) in [4.78, 5) is 4.43. The molecule has 0 amide bonds. The zero-order chi connectivity index (χ0) is 21.2. The Morgan fingerprint density at radius 1 is 1.03 bits per heavy atom. The molecule has 7 heteroatoms. The van der Waals surface area contributed by atoms with Crippen LogP contribution in [-0.2, 0) is 4.74 Å². The third-order valence-corrected chi connectivity index (χ3v) is 4.91. The Bertz CT molecular complexity index is 990. The van der Waals surface area contributed by atoms with Gasteiger partial charge in [-0.2, -0.15) is 13.2 Å². The molecule has 3 aromatic rings. The number of nitrogens with zero attached hydrogens (tertiary/aromatic N) is 1. The summed E-state index contributed by atoms with van der Waals surface area (Å²) >= 11 is 0. The molecule has 0 fully saturated rings. The van der Waals surface area contributed by atoms with Gasteiger partial charge in [0.25, 0.3) is 0 Å². The molecule has 0 saturated carbocycles. The number of aliphatic hydroxyl groups is 1. The number of hydrogen-bond acceptors (Lipinski definition) is 4. The Morgan fingerprint density at radius 3 is 2.34 bits per heavy atom. The highest BCUT2D eigenvalue weighted by Crippen LogP contribution is 2.43. The molecule has 0 radical (unpaired) electrons. The first-order valence-corrected chi connectivity index (χ1v) is 9.13. The summed E-state index contributed by atoms with van der Waals surface area (Å²) in [7, 11) is 1.13. The largest absolute Gasteiger partial charge is 0.421 e. The number of pyridine rings is 1. The second-order valence-corrected chi connectivity index (χ2v) is 7.17. The van der Waals surface area contributed by atoms with Crippen LogP contribution in [0.15, 0.2) is 54.6 Å². The summed E-state index contributed by atoms with van der Waals surface area (Å²) in [6.45, 7) is 2.77. The molecule has 1 heterocycles. The number of alkyl halides is 3. The normalized spacial score (nSPS) is 15.1. The maximum absolute atomic E-state index is 14.0. The van der Waals surface area contributed by atoms with Crippen LogP contribution in [0.25, 0.3) is 10.9 Å². The van der Waals surface area contributed by atoms with Crippen LogP contribution in [0.5, 0.6) is 0 Å². The summed E-state index contributed by atoms with van der Waals surface area (Å²) in [6, 6.07) is 13.9. The molecule has 3 rings (SSSR count). The minimum Gasteiger partial charge on any atom is -0.381 e. The second-order valence-electron chi connectivity index (χ2n) is 7.17. The fraction of sp³-hybridized carbons (Fsp3) is 0.318. The number of aromatic nitrogens is 1. The van der Waals surface area contributed by atoms with Crippen LogP contribution < -0.4 is 5.32 Å². The van der Waals surface area contributed by atoms with E-state index in [1.165, 1.54) is 0 Å². The average Bonchev–Trinajstić information content (AvgIpc) is 2.66. The van der Waals surface area contributed by atoms with Gasteiger partial charge in [-0.3, -0.25) is 4.98 Å². The van der Waals surface area contributed by atoms with E-state index in [4.69, 9.17) is 4.74 Å². The number of benzene rings is 2. The molecule has 0 bridgehead atoms. The lowest BCUT2D eigenvalue weighted by atomic mass is 9.87. The Morgan fingerprint density at radius 2 is 1.72 bits per heavy atom. The highest BCUT2D eigenvalue weighted by Gasteiger charge is 2.59. The van der Waals surface area contributed by atoms with Gasteiger partial charge < -0.3 is 15.2 Å². The summed E-state index contributed by atoms with van der Waals surface area (Å²) in [5.74, 6) is 0. The summed E-state index contributed by atoms with van der Waals surface area (Å²) < 4.78 is 46.8. The highest BCUT2D eigenvalue weighted by molar-refractivity contribution is 5.91. The number of anilines is 1. The first-order valence-electron chi connectivity index (χ1n) is 9.13. The van der Waals surface area contributed by atoms with Gasteiger partial charge in [0.05, 0.1) is 18.2 Å². The Labute approximate surface area is 167 Å². The Kier molecular flexibility index (Phi) is 5.82. The van der Waals surface area contributed by atoms with Crippen molar-refractivity contribution >= 4 is 16.6 Å². The van der Waals surface area contributed by atoms with Crippen molar-refractivity contribution in [1.29, 1.82) is 0 Å². The van der Waals surface area contributed by atoms with E-state index in [1.54, 1.807) is 54.6 Å². The molecule has 0 spiro atoms. The van der Waals surface area contributed by atoms with Crippen molar-refractivity contribution in [3.05, 3.63) is 71.4 Å². The van der Waals surface area contributed by atoms with E-state index >= 15 is 0 Å². The first-order chi connectivity index (χ1) is 13.7. The summed E-state index contributed by atoms with van der Waals surface area (Å²) in [5.41, 5.74) is -0.0449. The lowest BCUT2D eigenvalue weighted by molar-refractivity contribution is -0.279. The van der Waals surface area contributed by atoms with Crippen LogP contribution in [0.1, 0.15) is 22.9 Å². The van der Waals surface area contributed by atoms with E-state index in [1.807, 2.05) is 13.8 Å². The lowest BCUT2D eigenvalue weighted by Gasteiger charge is -2.38. The molecular weight excluding hydrogens is 381 g/mol. The van der Waals surface area contributed by atoms with Crippen LogP contribution in [0, 0.1) is 13.8 Å². The van der Waals surface area contributed by atoms with Gasteiger partial charge in [0.15, 0.2) is 0 Å². The topological polar surface area (TPSA) is 54.4 Å². The number of aryl methyl sites for hydroxylation is 2. The van der Waals surface area contributed by atoms with Gasteiger partial charge in [0, 0.05) is 23.9 Å². The van der Waals surface area contributed by atoms with Gasteiger partial charge in [0.1, 0.15) is 0 Å². The number of rotatable bonds is 6. The molecule has 2 unspecified atom stereocenters. The van der Waals surface area contributed by atoms with Gasteiger partial charge in [-0.25, -0.2) is 0 Å². The molecule has 2 aromatic carbocycles. The predicted octanol–water partition coefficient (Wildman–Crippen LogP) is 4.94. The molecule has 0 aliphatic heterocycles. The number of hydrogen-bond donors (Lipinski definition) is 2. The van der Waals surface area contributed by atoms with Crippen molar-refractivity contribution in [3.8, 4) is 0 Å². The van der Waals surface area contributed by atoms with Crippen molar-refractivity contribution in [2.45, 2.75) is 31.7 Å². The molecule has 2 N–H and O–H groups in total. The van der Waals surface area contributed by atoms with E-state index < -0.39 is 24.4 Å². The number of halogens is 3. The van der Waals surface area contributed by atoms with E-state index in [0.717, 1.165) is 18.4 Å². The maximum atomic E-state index is 14.0. The minimum atomic E-state index is -4.93. The average molecular weight is 404 g/mol. The highest BCUT2D eigenvalue weighted by atomic mass is 19.4. The van der Waals surface area contributed by atoms with Gasteiger partial charge in [-0.05, 0) is 43.7 Å². The third kappa shape index (κ3) is 4.21. The second kappa shape index (κ2) is 8.00. The zero-order valence-electron chi connectivity index (χ0n) is 16.4.